The van der Waals surface area contributed by atoms with Crippen molar-refractivity contribution in [3.8, 4) is 0 Å². The minimum absolute atomic E-state index is 0.0771. The average molecular weight is 453 g/mol. The first-order valence-electron chi connectivity index (χ1n) is 12.6. The number of nitrogens with zero attached hydrogens (tertiary/aromatic N) is 2. The van der Waals surface area contributed by atoms with Crippen molar-refractivity contribution in [1.29, 1.82) is 0 Å². The van der Waals surface area contributed by atoms with E-state index in [0.717, 1.165) is 68.0 Å². The molecule has 32 heavy (non-hydrogen) atoms. The number of fused-ring (bicyclic) bond motifs is 2. The molecule has 5 heteroatoms. The van der Waals surface area contributed by atoms with Gasteiger partial charge in [0.15, 0.2) is 0 Å². The van der Waals surface area contributed by atoms with Crippen LogP contribution >= 0.6 is 11.8 Å². The number of benzene rings is 1. The first-order chi connectivity index (χ1) is 15.5. The van der Waals surface area contributed by atoms with Gasteiger partial charge in [0.2, 0.25) is 5.91 Å². The van der Waals surface area contributed by atoms with Gasteiger partial charge in [0, 0.05) is 19.5 Å². The molecule has 0 radical (unpaired) electrons. The maximum atomic E-state index is 12.9. The molecular formula is C27H36N2O2S. The Labute approximate surface area is 196 Å². The number of amides is 2. The van der Waals surface area contributed by atoms with Gasteiger partial charge in [-0.2, -0.15) is 0 Å². The summed E-state index contributed by atoms with van der Waals surface area (Å²) in [7, 11) is 0. The van der Waals surface area contributed by atoms with Gasteiger partial charge in [-0.1, -0.05) is 48.5 Å². The monoisotopic (exact) mass is 452 g/mol. The predicted octanol–water partition coefficient (Wildman–Crippen LogP) is 5.50. The van der Waals surface area contributed by atoms with Crippen LogP contribution in [-0.2, 0) is 16.0 Å². The van der Waals surface area contributed by atoms with Crippen molar-refractivity contribution in [3.63, 3.8) is 0 Å². The highest BCUT2D eigenvalue weighted by atomic mass is 32.2. The third-order valence-corrected chi connectivity index (χ3v) is 10.1. The second-order valence-corrected chi connectivity index (χ2v) is 12.2. The van der Waals surface area contributed by atoms with Crippen molar-refractivity contribution >= 4 is 28.6 Å². The molecule has 2 aliphatic heterocycles. The van der Waals surface area contributed by atoms with Crippen molar-refractivity contribution in [3.05, 3.63) is 35.9 Å². The number of piperidine rings is 1. The van der Waals surface area contributed by atoms with Crippen LogP contribution in [0.15, 0.2) is 35.3 Å². The topological polar surface area (TPSA) is 49.7 Å². The number of aryl methyl sites for hydroxylation is 1. The highest BCUT2D eigenvalue weighted by Gasteiger charge is 2.49. The van der Waals surface area contributed by atoms with Crippen LogP contribution < -0.4 is 0 Å². The van der Waals surface area contributed by atoms with Crippen LogP contribution in [0.4, 0.5) is 0 Å². The first kappa shape index (κ1) is 22.2. The van der Waals surface area contributed by atoms with Gasteiger partial charge in [-0.25, -0.2) is 4.99 Å². The number of thioether (sulfide) groups is 1. The van der Waals surface area contributed by atoms with E-state index in [0.29, 0.717) is 12.3 Å². The fourth-order valence-electron chi connectivity index (χ4n) is 6.66. The predicted molar refractivity (Wildman–Crippen MR) is 131 cm³/mol. The zero-order valence-electron chi connectivity index (χ0n) is 19.3. The van der Waals surface area contributed by atoms with E-state index in [1.165, 1.54) is 31.2 Å². The second kappa shape index (κ2) is 9.32. The van der Waals surface area contributed by atoms with Gasteiger partial charge in [-0.3, -0.25) is 9.59 Å². The summed E-state index contributed by atoms with van der Waals surface area (Å²) in [5.74, 6) is 3.23. The number of rotatable bonds is 7. The van der Waals surface area contributed by atoms with Crippen molar-refractivity contribution < 1.29 is 9.59 Å². The Kier molecular flexibility index (Phi) is 6.46. The van der Waals surface area contributed by atoms with Crippen LogP contribution in [0.3, 0.4) is 0 Å². The lowest BCUT2D eigenvalue weighted by atomic mass is 9.84. The zero-order chi connectivity index (χ0) is 22.1. The maximum absolute atomic E-state index is 12.9. The van der Waals surface area contributed by atoms with E-state index in [9.17, 15) is 9.59 Å². The van der Waals surface area contributed by atoms with E-state index in [1.54, 1.807) is 11.8 Å². The Morgan fingerprint density at radius 2 is 1.91 bits per heavy atom. The molecule has 172 valence electrons. The van der Waals surface area contributed by atoms with Crippen molar-refractivity contribution in [2.24, 2.45) is 28.7 Å². The van der Waals surface area contributed by atoms with Crippen molar-refractivity contribution in [2.45, 2.75) is 75.9 Å². The summed E-state index contributed by atoms with van der Waals surface area (Å²) in [6.07, 6.45) is 10.9. The van der Waals surface area contributed by atoms with Gasteiger partial charge in [0.25, 0.3) is 5.91 Å². The number of likely N-dealkylation sites (tertiary alicyclic amines) is 1. The fraction of sp³-hybridized carbons (Fsp3) is 0.667. The smallest absolute Gasteiger partial charge is 0.263 e. The van der Waals surface area contributed by atoms with Crippen LogP contribution in [0.25, 0.3) is 0 Å². The Hall–Kier alpha value is -1.62. The third kappa shape index (κ3) is 4.55. The lowest BCUT2D eigenvalue weighted by Crippen LogP contribution is -2.46. The molecule has 1 aromatic rings. The molecule has 2 bridgehead atoms. The molecule has 3 fully saturated rings. The number of aliphatic imine (C=N–C) groups is 1. The van der Waals surface area contributed by atoms with Gasteiger partial charge in [-0.15, -0.1) is 0 Å². The summed E-state index contributed by atoms with van der Waals surface area (Å²) in [5, 5.41) is 1.09. The lowest BCUT2D eigenvalue weighted by Gasteiger charge is -2.38. The quantitative estimate of drug-likeness (QED) is 0.548. The van der Waals surface area contributed by atoms with Gasteiger partial charge in [0.05, 0.1) is 5.04 Å². The molecule has 1 aromatic carbocycles. The average Bonchev–Trinajstić information content (AvgIpc) is 3.50. The summed E-state index contributed by atoms with van der Waals surface area (Å²) < 4.78 is -0.421. The molecule has 0 aromatic heterocycles. The van der Waals surface area contributed by atoms with Crippen LogP contribution in [0, 0.1) is 23.7 Å². The van der Waals surface area contributed by atoms with Crippen LogP contribution in [-0.4, -0.2) is 39.6 Å². The molecule has 0 N–H and O–H groups in total. The van der Waals surface area contributed by atoms with Crippen LogP contribution in [0.5, 0.6) is 0 Å². The normalized spacial score (nSPS) is 32.5. The van der Waals surface area contributed by atoms with Gasteiger partial charge < -0.3 is 4.90 Å². The van der Waals surface area contributed by atoms with Crippen LogP contribution in [0.2, 0.25) is 0 Å². The molecule has 1 saturated heterocycles. The Balaban J connectivity index is 1.08. The standard InChI is InChI=1S/C27H36N2O2S/c1-27(26(31)28-24(32-27)18-22-17-20-10-11-21(22)16-20)23-12-14-29(15-13-23)25(30)9-5-8-19-6-3-2-4-7-19/h2-4,6-7,20-23H,5,8-18H2,1H3/t20-,21+,22-,27?/m1/s1. The Morgan fingerprint density at radius 3 is 2.59 bits per heavy atom. The summed E-state index contributed by atoms with van der Waals surface area (Å²) in [6.45, 7) is 3.67. The lowest BCUT2D eigenvalue weighted by molar-refractivity contribution is -0.133. The summed E-state index contributed by atoms with van der Waals surface area (Å²) in [4.78, 5) is 32.2. The van der Waals surface area contributed by atoms with E-state index in [-0.39, 0.29) is 11.8 Å². The zero-order valence-corrected chi connectivity index (χ0v) is 20.1. The Bertz CT molecular complexity index is 877. The van der Waals surface area contributed by atoms with Crippen LogP contribution in [0.1, 0.15) is 70.3 Å². The molecule has 2 amide bonds. The first-order valence-corrected chi connectivity index (χ1v) is 13.5. The molecule has 2 heterocycles. The van der Waals surface area contributed by atoms with Gasteiger partial charge in [-0.05, 0) is 87.5 Å². The SMILES string of the molecule is CC1(C2CCN(C(=O)CCCc3ccccc3)CC2)SC(C[C@H]2C[C@@H]3CC[C@H]2C3)=NC1=O. The molecule has 4 aliphatic rings. The van der Waals surface area contributed by atoms with Crippen molar-refractivity contribution in [2.75, 3.05) is 13.1 Å². The Morgan fingerprint density at radius 1 is 1.12 bits per heavy atom. The summed E-state index contributed by atoms with van der Waals surface area (Å²) in [5.41, 5.74) is 1.30. The van der Waals surface area contributed by atoms with E-state index in [2.05, 4.69) is 36.2 Å². The number of hydrogen-bond acceptors (Lipinski definition) is 3. The molecule has 5 rings (SSSR count). The molecular weight excluding hydrogens is 416 g/mol. The highest BCUT2D eigenvalue weighted by Crippen LogP contribution is 2.52. The van der Waals surface area contributed by atoms with E-state index in [4.69, 9.17) is 0 Å². The van der Waals surface area contributed by atoms with E-state index < -0.39 is 4.75 Å². The van der Waals surface area contributed by atoms with Gasteiger partial charge >= 0.3 is 0 Å². The maximum Gasteiger partial charge on any atom is 0.263 e. The van der Waals surface area contributed by atoms with Gasteiger partial charge in [0.1, 0.15) is 4.75 Å². The molecule has 4 nitrogen and oxygen atoms in total. The number of carbonyl (C=O) groups is 2. The largest absolute Gasteiger partial charge is 0.343 e. The minimum Gasteiger partial charge on any atom is -0.343 e. The van der Waals surface area contributed by atoms with Crippen molar-refractivity contribution in [1.82, 2.24) is 4.90 Å². The highest BCUT2D eigenvalue weighted by molar-refractivity contribution is 8.16. The molecule has 2 saturated carbocycles. The van der Waals surface area contributed by atoms with E-state index >= 15 is 0 Å². The fourth-order valence-corrected chi connectivity index (χ4v) is 8.11. The third-order valence-electron chi connectivity index (χ3n) is 8.63. The molecule has 2 aliphatic carbocycles. The molecule has 0 spiro atoms. The summed E-state index contributed by atoms with van der Waals surface area (Å²) >= 11 is 1.76. The second-order valence-electron chi connectivity index (χ2n) is 10.7. The number of hydrogen-bond donors (Lipinski definition) is 0. The molecule has 1 unspecified atom stereocenters. The van der Waals surface area contributed by atoms with E-state index in [1.807, 2.05) is 11.0 Å². The number of carbonyl (C=O) groups excluding carboxylic acids is 2. The minimum atomic E-state index is -0.421. The molecule has 4 atom stereocenters. The summed E-state index contributed by atoms with van der Waals surface area (Å²) in [6, 6.07) is 10.4.